The average Bonchev–Trinajstić information content (AvgIpc) is 2.94. The summed E-state index contributed by atoms with van der Waals surface area (Å²) >= 11 is 0. The molecule has 9 nitrogen and oxygen atoms in total. The van der Waals surface area contributed by atoms with Gasteiger partial charge in [0.25, 0.3) is 5.91 Å². The van der Waals surface area contributed by atoms with Crippen LogP contribution in [0.1, 0.15) is 41.4 Å². The number of aliphatic hydroxyl groups excluding tert-OH is 1. The molecule has 0 aliphatic rings. The van der Waals surface area contributed by atoms with Crippen molar-refractivity contribution in [2.24, 2.45) is 5.92 Å². The lowest BCUT2D eigenvalue weighted by molar-refractivity contribution is 0.0964. The SMILES string of the molecule is CNC(=O)c1ccnc2c(C(C)C(C)CNc3cc(-c4cnc(CO)c(OC)c4)ncn3)cccc12. The number of rotatable bonds is 9. The number of para-hydroxylation sites is 1. The minimum absolute atomic E-state index is 0.125. The van der Waals surface area contributed by atoms with Crippen LogP contribution in [0.2, 0.25) is 0 Å². The van der Waals surface area contributed by atoms with E-state index >= 15 is 0 Å². The van der Waals surface area contributed by atoms with Gasteiger partial charge in [0.1, 0.15) is 23.6 Å². The largest absolute Gasteiger partial charge is 0.495 e. The number of benzene rings is 1. The second kappa shape index (κ2) is 11.1. The van der Waals surface area contributed by atoms with E-state index in [-0.39, 0.29) is 24.3 Å². The molecule has 0 aliphatic carbocycles. The maximum Gasteiger partial charge on any atom is 0.251 e. The number of aliphatic hydroxyl groups is 1. The molecule has 0 spiro atoms. The van der Waals surface area contributed by atoms with Crippen molar-refractivity contribution >= 4 is 22.6 Å². The third kappa shape index (κ3) is 5.11. The van der Waals surface area contributed by atoms with Gasteiger partial charge in [-0.05, 0) is 29.5 Å². The zero-order valence-electron chi connectivity index (χ0n) is 20.8. The van der Waals surface area contributed by atoms with Gasteiger partial charge in [0.05, 0.1) is 30.5 Å². The molecule has 2 unspecified atom stereocenters. The zero-order chi connectivity index (χ0) is 25.7. The van der Waals surface area contributed by atoms with Crippen molar-refractivity contribution in [1.82, 2.24) is 25.3 Å². The van der Waals surface area contributed by atoms with Gasteiger partial charge in [-0.2, -0.15) is 0 Å². The number of nitrogens with one attached hydrogen (secondary N) is 2. The Balaban J connectivity index is 1.51. The van der Waals surface area contributed by atoms with Gasteiger partial charge in [0.15, 0.2) is 0 Å². The lowest BCUT2D eigenvalue weighted by Gasteiger charge is -2.22. The van der Waals surface area contributed by atoms with E-state index in [0.29, 0.717) is 35.1 Å². The highest BCUT2D eigenvalue weighted by Gasteiger charge is 2.20. The van der Waals surface area contributed by atoms with Crippen LogP contribution in [0, 0.1) is 5.92 Å². The highest BCUT2D eigenvalue weighted by Crippen LogP contribution is 2.31. The van der Waals surface area contributed by atoms with Gasteiger partial charge in [-0.1, -0.05) is 32.0 Å². The van der Waals surface area contributed by atoms with Gasteiger partial charge in [0, 0.05) is 43.0 Å². The fraction of sp³-hybridized carbons (Fsp3) is 0.296. The number of methoxy groups -OCH3 is 1. The first kappa shape index (κ1) is 25.0. The molecule has 0 aliphatic heterocycles. The highest BCUT2D eigenvalue weighted by molar-refractivity contribution is 6.06. The summed E-state index contributed by atoms with van der Waals surface area (Å²) in [4.78, 5) is 29.9. The van der Waals surface area contributed by atoms with Crippen molar-refractivity contribution in [2.45, 2.75) is 26.4 Å². The molecule has 4 aromatic rings. The summed E-state index contributed by atoms with van der Waals surface area (Å²) in [5.74, 6) is 1.50. The number of ether oxygens (including phenoxy) is 1. The number of fused-ring (bicyclic) bond motifs is 1. The average molecular weight is 487 g/mol. The van der Waals surface area contributed by atoms with E-state index in [0.717, 1.165) is 22.0 Å². The van der Waals surface area contributed by atoms with Gasteiger partial charge in [-0.3, -0.25) is 14.8 Å². The molecule has 0 bridgehead atoms. The number of amides is 1. The lowest BCUT2D eigenvalue weighted by atomic mass is 9.87. The summed E-state index contributed by atoms with van der Waals surface area (Å²) in [6, 6.07) is 11.4. The molecule has 2 atom stereocenters. The minimum atomic E-state index is -0.199. The summed E-state index contributed by atoms with van der Waals surface area (Å²) < 4.78 is 5.32. The summed E-state index contributed by atoms with van der Waals surface area (Å²) in [5, 5.41) is 16.4. The molecule has 3 N–H and O–H groups in total. The minimum Gasteiger partial charge on any atom is -0.495 e. The van der Waals surface area contributed by atoms with Gasteiger partial charge in [-0.25, -0.2) is 9.97 Å². The number of hydrogen-bond donors (Lipinski definition) is 3. The van der Waals surface area contributed by atoms with Crippen LogP contribution < -0.4 is 15.4 Å². The number of nitrogens with zero attached hydrogens (tertiary/aromatic N) is 4. The first-order chi connectivity index (χ1) is 17.5. The molecule has 3 aromatic heterocycles. The van der Waals surface area contributed by atoms with Crippen LogP contribution in [0.3, 0.4) is 0 Å². The number of carbonyl (C=O) groups excluding carboxylic acids is 1. The topological polar surface area (TPSA) is 122 Å². The lowest BCUT2D eigenvalue weighted by Crippen LogP contribution is -2.19. The normalized spacial score (nSPS) is 12.7. The number of carbonyl (C=O) groups is 1. The van der Waals surface area contributed by atoms with E-state index < -0.39 is 0 Å². The Morgan fingerprint density at radius 1 is 1.11 bits per heavy atom. The smallest absolute Gasteiger partial charge is 0.251 e. The predicted octanol–water partition coefficient (Wildman–Crippen LogP) is 3.80. The summed E-state index contributed by atoms with van der Waals surface area (Å²) in [6.07, 6.45) is 4.85. The van der Waals surface area contributed by atoms with Crippen LogP contribution in [0.5, 0.6) is 5.75 Å². The number of aromatic nitrogens is 4. The van der Waals surface area contributed by atoms with E-state index in [1.54, 1.807) is 38.7 Å². The summed E-state index contributed by atoms with van der Waals surface area (Å²) in [7, 11) is 3.17. The van der Waals surface area contributed by atoms with Crippen molar-refractivity contribution < 1.29 is 14.6 Å². The Morgan fingerprint density at radius 2 is 1.94 bits per heavy atom. The van der Waals surface area contributed by atoms with Gasteiger partial charge < -0.3 is 20.5 Å². The Labute approximate surface area is 210 Å². The zero-order valence-corrected chi connectivity index (χ0v) is 20.8. The fourth-order valence-corrected chi connectivity index (χ4v) is 4.17. The second-order valence-corrected chi connectivity index (χ2v) is 8.65. The molecule has 9 heteroatoms. The first-order valence-corrected chi connectivity index (χ1v) is 11.8. The van der Waals surface area contributed by atoms with Gasteiger partial charge in [-0.15, -0.1) is 0 Å². The predicted molar refractivity (Wildman–Crippen MR) is 139 cm³/mol. The van der Waals surface area contributed by atoms with E-state index in [4.69, 9.17) is 4.74 Å². The Hall–Kier alpha value is -4.11. The van der Waals surface area contributed by atoms with Crippen molar-refractivity contribution in [2.75, 3.05) is 26.0 Å². The number of anilines is 1. The van der Waals surface area contributed by atoms with E-state index in [9.17, 15) is 9.90 Å². The second-order valence-electron chi connectivity index (χ2n) is 8.65. The molecule has 1 amide bonds. The van der Waals surface area contributed by atoms with Crippen molar-refractivity contribution in [3.8, 4) is 17.0 Å². The monoisotopic (exact) mass is 486 g/mol. The quantitative estimate of drug-likeness (QED) is 0.327. The first-order valence-electron chi connectivity index (χ1n) is 11.8. The van der Waals surface area contributed by atoms with Crippen LogP contribution in [-0.4, -0.2) is 51.7 Å². The molecule has 4 rings (SSSR count). The molecule has 0 saturated carbocycles. The highest BCUT2D eigenvalue weighted by atomic mass is 16.5. The van der Waals surface area contributed by atoms with Crippen molar-refractivity contribution in [3.05, 3.63) is 71.9 Å². The Kier molecular flexibility index (Phi) is 7.70. The third-order valence-corrected chi connectivity index (χ3v) is 6.49. The molecular formula is C27H30N6O3. The Morgan fingerprint density at radius 3 is 2.69 bits per heavy atom. The van der Waals surface area contributed by atoms with Gasteiger partial charge >= 0.3 is 0 Å². The van der Waals surface area contributed by atoms with Gasteiger partial charge in [0.2, 0.25) is 0 Å². The van der Waals surface area contributed by atoms with Crippen LogP contribution in [-0.2, 0) is 6.61 Å². The molecule has 0 radical (unpaired) electrons. The van der Waals surface area contributed by atoms with E-state index in [1.807, 2.05) is 18.2 Å². The maximum absolute atomic E-state index is 12.3. The molecule has 186 valence electrons. The van der Waals surface area contributed by atoms with Crippen LogP contribution >= 0.6 is 0 Å². The van der Waals surface area contributed by atoms with Crippen molar-refractivity contribution in [1.29, 1.82) is 0 Å². The number of hydrogen-bond acceptors (Lipinski definition) is 8. The molecule has 0 saturated heterocycles. The molecule has 1 aromatic carbocycles. The fourth-order valence-electron chi connectivity index (χ4n) is 4.17. The molecule has 36 heavy (non-hydrogen) atoms. The summed E-state index contributed by atoms with van der Waals surface area (Å²) in [5.41, 5.74) is 4.50. The molecule has 3 heterocycles. The van der Waals surface area contributed by atoms with Crippen LogP contribution in [0.4, 0.5) is 5.82 Å². The summed E-state index contributed by atoms with van der Waals surface area (Å²) in [6.45, 7) is 4.81. The Bertz CT molecular complexity index is 1380. The maximum atomic E-state index is 12.3. The number of pyridine rings is 2. The van der Waals surface area contributed by atoms with E-state index in [1.165, 1.54) is 6.33 Å². The van der Waals surface area contributed by atoms with Crippen molar-refractivity contribution in [3.63, 3.8) is 0 Å². The molecular weight excluding hydrogens is 456 g/mol. The molecule has 0 fully saturated rings. The third-order valence-electron chi connectivity index (χ3n) is 6.49. The standard InChI is InChI=1S/C27H30N6O3/c1-16(17(2)19-6-5-7-20-21(27(35)28-3)8-9-29-26(19)20)12-31-25-11-22(32-15-33-25)18-10-24(36-4)23(14-34)30-13-18/h5-11,13,15-17,34H,12,14H2,1-4H3,(H,28,35)(H,31,32,33). The van der Waals surface area contributed by atoms with Crippen LogP contribution in [0.25, 0.3) is 22.2 Å². The van der Waals surface area contributed by atoms with Crippen LogP contribution in [0.15, 0.2) is 55.1 Å². The van der Waals surface area contributed by atoms with E-state index in [2.05, 4.69) is 50.5 Å².